The summed E-state index contributed by atoms with van der Waals surface area (Å²) in [6.07, 6.45) is 3.53. The normalized spacial score (nSPS) is 10.1. The molecule has 0 unspecified atom stereocenters. The Hall–Kier alpha value is -2.30. The second-order valence-electron chi connectivity index (χ2n) is 3.75. The van der Waals surface area contributed by atoms with Crippen molar-refractivity contribution in [2.24, 2.45) is 0 Å². The molecule has 5 heteroatoms. The summed E-state index contributed by atoms with van der Waals surface area (Å²) in [5.74, 6) is -0.660. The zero-order chi connectivity index (χ0) is 13.0. The molecule has 18 heavy (non-hydrogen) atoms. The molecule has 2 N–H and O–H groups in total. The van der Waals surface area contributed by atoms with Gasteiger partial charge >= 0.3 is 0 Å². The molecular weight excluding hydrogens is 235 g/mol. The summed E-state index contributed by atoms with van der Waals surface area (Å²) in [6, 6.07) is 5.98. The summed E-state index contributed by atoms with van der Waals surface area (Å²) in [7, 11) is 1.44. The number of H-pyrrole nitrogens is 1. The number of methoxy groups -OCH3 is 1. The second-order valence-corrected chi connectivity index (χ2v) is 3.75. The largest absolute Gasteiger partial charge is 0.497 e. The smallest absolute Gasteiger partial charge is 0.254 e. The molecule has 2 rings (SSSR count). The summed E-state index contributed by atoms with van der Waals surface area (Å²) < 4.78 is 18.5. The number of hydrogen-bond acceptors (Lipinski definition) is 2. The summed E-state index contributed by atoms with van der Waals surface area (Å²) in [4.78, 5) is 14.6. The van der Waals surface area contributed by atoms with E-state index in [1.165, 1.54) is 19.2 Å². The predicted octanol–water partition coefficient (Wildman–Crippen LogP) is 2.09. The molecule has 0 saturated heterocycles. The molecule has 1 aromatic heterocycles. The number of nitrogens with one attached hydrogen (secondary N) is 2. The fourth-order valence-corrected chi connectivity index (χ4v) is 1.55. The number of rotatable bonds is 4. The molecule has 0 atom stereocenters. The summed E-state index contributed by atoms with van der Waals surface area (Å²) >= 11 is 0. The van der Waals surface area contributed by atoms with Gasteiger partial charge in [-0.05, 0) is 23.8 Å². The van der Waals surface area contributed by atoms with E-state index in [2.05, 4.69) is 10.3 Å². The third-order valence-electron chi connectivity index (χ3n) is 2.54. The highest BCUT2D eigenvalue weighted by atomic mass is 19.1. The van der Waals surface area contributed by atoms with Crippen molar-refractivity contribution in [1.29, 1.82) is 0 Å². The van der Waals surface area contributed by atoms with E-state index < -0.39 is 11.7 Å². The zero-order valence-electron chi connectivity index (χ0n) is 9.87. The maximum atomic E-state index is 13.6. The first kappa shape index (κ1) is 12.2. The van der Waals surface area contributed by atoms with Crippen molar-refractivity contribution >= 4 is 5.91 Å². The molecule has 94 valence electrons. The molecular formula is C13H13FN2O2. The molecule has 2 aromatic rings. The van der Waals surface area contributed by atoms with Crippen LogP contribution in [0.25, 0.3) is 0 Å². The van der Waals surface area contributed by atoms with Gasteiger partial charge in [-0.2, -0.15) is 0 Å². The van der Waals surface area contributed by atoms with Crippen LogP contribution in [0.1, 0.15) is 15.9 Å². The van der Waals surface area contributed by atoms with E-state index >= 15 is 0 Å². The van der Waals surface area contributed by atoms with Crippen LogP contribution in [0.4, 0.5) is 4.39 Å². The van der Waals surface area contributed by atoms with Gasteiger partial charge in [0.15, 0.2) is 0 Å². The molecule has 0 fully saturated rings. The molecule has 0 radical (unpaired) electrons. The molecule has 0 aliphatic carbocycles. The molecule has 1 aromatic carbocycles. The van der Waals surface area contributed by atoms with Crippen LogP contribution < -0.4 is 10.1 Å². The third-order valence-corrected chi connectivity index (χ3v) is 2.54. The molecule has 1 heterocycles. The van der Waals surface area contributed by atoms with Gasteiger partial charge in [0.25, 0.3) is 5.91 Å². The first-order valence-corrected chi connectivity index (χ1v) is 5.44. The van der Waals surface area contributed by atoms with Crippen LogP contribution in [0.15, 0.2) is 36.7 Å². The van der Waals surface area contributed by atoms with Crippen molar-refractivity contribution in [3.8, 4) is 5.75 Å². The standard InChI is InChI=1S/C13H13FN2O2/c1-18-10-2-3-11(12(14)6-10)13(17)16-8-9-4-5-15-7-9/h2-7,15H,8H2,1H3,(H,16,17). The van der Waals surface area contributed by atoms with Gasteiger partial charge in [0.1, 0.15) is 11.6 Å². The number of carbonyl (C=O) groups excluding carboxylic acids is 1. The first-order chi connectivity index (χ1) is 8.70. The SMILES string of the molecule is COc1ccc(C(=O)NCc2cc[nH]c2)c(F)c1. The van der Waals surface area contributed by atoms with E-state index in [0.29, 0.717) is 12.3 Å². The van der Waals surface area contributed by atoms with Crippen LogP contribution in [0.3, 0.4) is 0 Å². The van der Waals surface area contributed by atoms with E-state index in [1.807, 2.05) is 6.07 Å². The fraction of sp³-hybridized carbons (Fsp3) is 0.154. The maximum Gasteiger partial charge on any atom is 0.254 e. The van der Waals surface area contributed by atoms with Crippen LogP contribution in [-0.2, 0) is 6.54 Å². The lowest BCUT2D eigenvalue weighted by Gasteiger charge is -2.06. The Morgan fingerprint density at radius 1 is 1.44 bits per heavy atom. The van der Waals surface area contributed by atoms with Crippen molar-refractivity contribution in [3.05, 3.63) is 53.6 Å². The van der Waals surface area contributed by atoms with Crippen molar-refractivity contribution in [1.82, 2.24) is 10.3 Å². The number of ether oxygens (including phenoxy) is 1. The molecule has 0 saturated carbocycles. The van der Waals surface area contributed by atoms with E-state index in [0.717, 1.165) is 5.56 Å². The number of aromatic nitrogens is 1. The highest BCUT2D eigenvalue weighted by Crippen LogP contribution is 2.16. The quantitative estimate of drug-likeness (QED) is 0.870. The second kappa shape index (κ2) is 5.35. The van der Waals surface area contributed by atoms with Gasteiger partial charge in [0, 0.05) is 25.0 Å². The molecule has 0 bridgehead atoms. The Kier molecular flexibility index (Phi) is 3.62. The lowest BCUT2D eigenvalue weighted by Crippen LogP contribution is -2.23. The Bertz CT molecular complexity index is 538. The molecule has 0 aliphatic heterocycles. The van der Waals surface area contributed by atoms with Gasteiger partial charge < -0.3 is 15.0 Å². The Labute approximate surface area is 104 Å². The number of benzene rings is 1. The van der Waals surface area contributed by atoms with Gasteiger partial charge in [-0.25, -0.2) is 4.39 Å². The number of halogens is 1. The van der Waals surface area contributed by atoms with E-state index in [4.69, 9.17) is 4.74 Å². The third kappa shape index (κ3) is 2.68. The highest BCUT2D eigenvalue weighted by molar-refractivity contribution is 5.94. The Balaban J connectivity index is 2.04. The van der Waals surface area contributed by atoms with Crippen molar-refractivity contribution < 1.29 is 13.9 Å². The summed E-state index contributed by atoms with van der Waals surface area (Å²) in [5.41, 5.74) is 0.934. The van der Waals surface area contributed by atoms with Crippen LogP contribution in [-0.4, -0.2) is 18.0 Å². The Morgan fingerprint density at radius 2 is 2.28 bits per heavy atom. The van der Waals surface area contributed by atoms with Gasteiger partial charge in [-0.15, -0.1) is 0 Å². The summed E-state index contributed by atoms with van der Waals surface area (Å²) in [5, 5.41) is 2.64. The van der Waals surface area contributed by atoms with Crippen LogP contribution in [0.5, 0.6) is 5.75 Å². The highest BCUT2D eigenvalue weighted by Gasteiger charge is 2.12. The van der Waals surface area contributed by atoms with E-state index in [9.17, 15) is 9.18 Å². The fourth-order valence-electron chi connectivity index (χ4n) is 1.55. The molecule has 0 spiro atoms. The van der Waals surface area contributed by atoms with Gasteiger partial charge in [-0.1, -0.05) is 0 Å². The van der Waals surface area contributed by atoms with Gasteiger partial charge in [0.05, 0.1) is 12.7 Å². The average molecular weight is 248 g/mol. The average Bonchev–Trinajstić information content (AvgIpc) is 2.88. The van der Waals surface area contributed by atoms with E-state index in [-0.39, 0.29) is 5.56 Å². The topological polar surface area (TPSA) is 54.1 Å². The van der Waals surface area contributed by atoms with E-state index in [1.54, 1.807) is 18.5 Å². The number of hydrogen-bond donors (Lipinski definition) is 2. The zero-order valence-corrected chi connectivity index (χ0v) is 9.87. The van der Waals surface area contributed by atoms with Crippen LogP contribution >= 0.6 is 0 Å². The molecule has 1 amide bonds. The minimum atomic E-state index is -0.596. The van der Waals surface area contributed by atoms with Crippen molar-refractivity contribution in [3.63, 3.8) is 0 Å². The number of carbonyl (C=O) groups is 1. The number of aromatic amines is 1. The monoisotopic (exact) mass is 248 g/mol. The minimum absolute atomic E-state index is 0.00587. The minimum Gasteiger partial charge on any atom is -0.497 e. The first-order valence-electron chi connectivity index (χ1n) is 5.44. The lowest BCUT2D eigenvalue weighted by atomic mass is 10.2. The summed E-state index contributed by atoms with van der Waals surface area (Å²) in [6.45, 7) is 0.355. The molecule has 0 aliphatic rings. The van der Waals surface area contributed by atoms with Crippen molar-refractivity contribution in [2.75, 3.05) is 7.11 Å². The van der Waals surface area contributed by atoms with Gasteiger partial charge in [0.2, 0.25) is 0 Å². The lowest BCUT2D eigenvalue weighted by molar-refractivity contribution is 0.0947. The Morgan fingerprint density at radius 3 is 2.89 bits per heavy atom. The van der Waals surface area contributed by atoms with Crippen LogP contribution in [0, 0.1) is 5.82 Å². The van der Waals surface area contributed by atoms with Gasteiger partial charge in [-0.3, -0.25) is 4.79 Å². The predicted molar refractivity (Wildman–Crippen MR) is 64.9 cm³/mol. The van der Waals surface area contributed by atoms with Crippen LogP contribution in [0.2, 0.25) is 0 Å². The number of amides is 1. The van der Waals surface area contributed by atoms with Crippen molar-refractivity contribution in [2.45, 2.75) is 6.54 Å². The molecule has 4 nitrogen and oxygen atoms in total. The maximum absolute atomic E-state index is 13.6.